The fourth-order valence-electron chi connectivity index (χ4n) is 3.47. The Labute approximate surface area is 111 Å². The van der Waals surface area contributed by atoms with Gasteiger partial charge >= 0.3 is 0 Å². The average Bonchev–Trinajstić information content (AvgIpc) is 1.96. The first-order valence-electron chi connectivity index (χ1n) is 7.19. The van der Waals surface area contributed by atoms with E-state index in [2.05, 4.69) is 69.2 Å². The van der Waals surface area contributed by atoms with Crippen LogP contribution in [0.2, 0.25) is 0 Å². The standard InChI is InChI=1S/C17H35/c1-11-12-13(15(2,3)4)14(16(5,6)7)17(8,9)10/h13H,11-12H2,1-10H3. The maximum absolute atomic E-state index is 2.39. The van der Waals surface area contributed by atoms with Crippen LogP contribution in [-0.2, 0) is 0 Å². The van der Waals surface area contributed by atoms with Crippen molar-refractivity contribution < 1.29 is 0 Å². The number of hydrogen-bond donors (Lipinski definition) is 0. The van der Waals surface area contributed by atoms with Crippen LogP contribution < -0.4 is 0 Å². The van der Waals surface area contributed by atoms with E-state index in [-0.39, 0.29) is 0 Å². The van der Waals surface area contributed by atoms with E-state index in [1.807, 2.05) is 0 Å². The third-order valence-corrected chi connectivity index (χ3v) is 3.59. The highest BCUT2D eigenvalue weighted by atomic mass is 14.5. The molecule has 1 atom stereocenters. The van der Waals surface area contributed by atoms with E-state index in [9.17, 15) is 0 Å². The predicted molar refractivity (Wildman–Crippen MR) is 80.0 cm³/mol. The summed E-state index contributed by atoms with van der Waals surface area (Å²) in [4.78, 5) is 0. The maximum Gasteiger partial charge on any atom is -0.00978 e. The lowest BCUT2D eigenvalue weighted by Crippen LogP contribution is -2.41. The number of rotatable bonds is 3. The molecule has 0 heterocycles. The van der Waals surface area contributed by atoms with Gasteiger partial charge in [0.1, 0.15) is 0 Å². The van der Waals surface area contributed by atoms with Gasteiger partial charge in [0.05, 0.1) is 0 Å². The summed E-state index contributed by atoms with van der Waals surface area (Å²) in [6.45, 7) is 23.7. The molecule has 0 nitrogen and oxygen atoms in total. The average molecular weight is 239 g/mol. The molecule has 17 heavy (non-hydrogen) atoms. The fraction of sp³-hybridized carbons (Fsp3) is 0.941. The molecule has 0 aliphatic carbocycles. The maximum atomic E-state index is 2.39. The molecule has 0 saturated heterocycles. The molecule has 0 aliphatic heterocycles. The quantitative estimate of drug-likeness (QED) is 0.557. The van der Waals surface area contributed by atoms with Gasteiger partial charge in [-0.3, -0.25) is 0 Å². The van der Waals surface area contributed by atoms with Crippen molar-refractivity contribution in [1.29, 1.82) is 0 Å². The third-order valence-electron chi connectivity index (χ3n) is 3.59. The SMILES string of the molecule is CCCC([C](C(C)(C)C)C(C)(C)C)C(C)(C)C. The minimum Gasteiger partial charge on any atom is -0.0654 e. The highest BCUT2D eigenvalue weighted by Crippen LogP contribution is 2.53. The smallest absolute Gasteiger partial charge is 0.00978 e. The summed E-state index contributed by atoms with van der Waals surface area (Å²) in [7, 11) is 0. The minimum absolute atomic E-state index is 0.297. The first-order chi connectivity index (χ1) is 7.31. The summed E-state index contributed by atoms with van der Waals surface area (Å²) in [6, 6.07) is 0. The molecule has 0 spiro atoms. The molecule has 0 saturated carbocycles. The van der Waals surface area contributed by atoms with E-state index in [0.717, 1.165) is 0 Å². The molecule has 0 bridgehead atoms. The molecule has 0 aromatic heterocycles. The molecule has 0 rings (SSSR count). The van der Waals surface area contributed by atoms with Crippen LogP contribution in [-0.4, -0.2) is 0 Å². The Morgan fingerprint density at radius 1 is 0.765 bits per heavy atom. The van der Waals surface area contributed by atoms with Crippen molar-refractivity contribution in [3.8, 4) is 0 Å². The Balaban J connectivity index is 5.40. The summed E-state index contributed by atoms with van der Waals surface area (Å²) in [5.41, 5.74) is 0.961. The summed E-state index contributed by atoms with van der Waals surface area (Å²) >= 11 is 0. The zero-order chi connectivity index (χ0) is 14.1. The van der Waals surface area contributed by atoms with Crippen molar-refractivity contribution in [3.63, 3.8) is 0 Å². The topological polar surface area (TPSA) is 0 Å². The van der Waals surface area contributed by atoms with Crippen LogP contribution in [0.4, 0.5) is 0 Å². The van der Waals surface area contributed by atoms with Gasteiger partial charge in [0.15, 0.2) is 0 Å². The molecule has 1 unspecified atom stereocenters. The molecule has 0 aromatic rings. The van der Waals surface area contributed by atoms with Gasteiger partial charge in [-0.05, 0) is 34.5 Å². The highest BCUT2D eigenvalue weighted by molar-refractivity contribution is 5.15. The third kappa shape index (κ3) is 5.02. The van der Waals surface area contributed by atoms with E-state index in [4.69, 9.17) is 0 Å². The van der Waals surface area contributed by atoms with Crippen LogP contribution in [0.1, 0.15) is 82.1 Å². The Kier molecular flexibility index (Phi) is 5.33. The lowest BCUT2D eigenvalue weighted by Gasteiger charge is -2.50. The summed E-state index contributed by atoms with van der Waals surface area (Å²) < 4.78 is 0. The zero-order valence-electron chi connectivity index (χ0n) is 14.0. The van der Waals surface area contributed by atoms with Crippen molar-refractivity contribution >= 4 is 0 Å². The van der Waals surface area contributed by atoms with E-state index < -0.39 is 0 Å². The molecule has 103 valence electrons. The lowest BCUT2D eigenvalue weighted by atomic mass is 9.55. The van der Waals surface area contributed by atoms with Gasteiger partial charge in [0, 0.05) is 0 Å². The molecular formula is C17H35. The minimum atomic E-state index is 0.297. The molecule has 1 radical (unpaired) electrons. The van der Waals surface area contributed by atoms with Crippen LogP contribution in [0.3, 0.4) is 0 Å². The monoisotopic (exact) mass is 239 g/mol. The Morgan fingerprint density at radius 2 is 1.12 bits per heavy atom. The van der Waals surface area contributed by atoms with Gasteiger partial charge in [-0.15, -0.1) is 0 Å². The van der Waals surface area contributed by atoms with Crippen LogP contribution in [0.15, 0.2) is 0 Å². The van der Waals surface area contributed by atoms with Gasteiger partial charge in [0.2, 0.25) is 0 Å². The van der Waals surface area contributed by atoms with Crippen LogP contribution in [0.5, 0.6) is 0 Å². The van der Waals surface area contributed by atoms with E-state index >= 15 is 0 Å². The van der Waals surface area contributed by atoms with E-state index in [0.29, 0.717) is 22.2 Å². The molecular weight excluding hydrogens is 204 g/mol. The molecule has 0 fully saturated rings. The number of hydrogen-bond acceptors (Lipinski definition) is 0. The molecule has 0 heteroatoms. The first kappa shape index (κ1) is 17.0. The van der Waals surface area contributed by atoms with E-state index in [1.54, 1.807) is 5.92 Å². The van der Waals surface area contributed by atoms with Crippen LogP contribution in [0.25, 0.3) is 0 Å². The van der Waals surface area contributed by atoms with Crippen LogP contribution in [0, 0.1) is 28.1 Å². The fourth-order valence-corrected chi connectivity index (χ4v) is 3.47. The van der Waals surface area contributed by atoms with Crippen molar-refractivity contribution in [3.05, 3.63) is 5.92 Å². The molecule has 0 aromatic carbocycles. The second-order valence-corrected chi connectivity index (χ2v) is 8.62. The lowest BCUT2D eigenvalue weighted by molar-refractivity contribution is 0.124. The van der Waals surface area contributed by atoms with Crippen molar-refractivity contribution in [1.82, 2.24) is 0 Å². The first-order valence-corrected chi connectivity index (χ1v) is 7.19. The molecule has 0 N–H and O–H groups in total. The molecule has 0 aliphatic rings. The summed E-state index contributed by atoms with van der Waals surface area (Å²) in [6.07, 6.45) is 2.59. The van der Waals surface area contributed by atoms with Gasteiger partial charge in [-0.2, -0.15) is 0 Å². The van der Waals surface area contributed by atoms with Gasteiger partial charge in [-0.1, -0.05) is 75.7 Å². The molecule has 0 amide bonds. The van der Waals surface area contributed by atoms with Crippen molar-refractivity contribution in [2.45, 2.75) is 82.1 Å². The Hall–Kier alpha value is 0. The summed E-state index contributed by atoms with van der Waals surface area (Å²) in [5, 5.41) is 0. The highest BCUT2D eigenvalue weighted by Gasteiger charge is 2.44. The largest absolute Gasteiger partial charge is 0.0654 e. The predicted octanol–water partition coefficient (Wildman–Crippen LogP) is 6.12. The Bertz CT molecular complexity index is 202. The van der Waals surface area contributed by atoms with E-state index in [1.165, 1.54) is 12.8 Å². The van der Waals surface area contributed by atoms with Gasteiger partial charge in [0.25, 0.3) is 0 Å². The Morgan fingerprint density at radius 3 is 1.29 bits per heavy atom. The zero-order valence-corrected chi connectivity index (χ0v) is 14.0. The normalized spacial score (nSPS) is 16.4. The second-order valence-electron chi connectivity index (χ2n) is 8.62. The summed E-state index contributed by atoms with van der Waals surface area (Å²) in [5.74, 6) is 2.45. The second kappa shape index (κ2) is 5.33. The van der Waals surface area contributed by atoms with Crippen LogP contribution >= 0.6 is 0 Å². The van der Waals surface area contributed by atoms with Gasteiger partial charge < -0.3 is 0 Å². The van der Waals surface area contributed by atoms with Gasteiger partial charge in [-0.25, -0.2) is 0 Å². The van der Waals surface area contributed by atoms with Crippen molar-refractivity contribution in [2.75, 3.05) is 0 Å². The van der Waals surface area contributed by atoms with Crippen molar-refractivity contribution in [2.24, 2.45) is 22.2 Å².